The molecule has 7 heteroatoms. The van der Waals surface area contributed by atoms with Gasteiger partial charge in [-0.05, 0) is 18.6 Å². The minimum atomic E-state index is -0.601. The first-order valence-electron chi connectivity index (χ1n) is 7.45. The number of rotatable bonds is 7. The third kappa shape index (κ3) is 3.67. The highest BCUT2D eigenvalue weighted by Gasteiger charge is 2.29. The van der Waals surface area contributed by atoms with E-state index in [1.54, 1.807) is 33.5 Å². The van der Waals surface area contributed by atoms with Crippen LogP contribution in [0.15, 0.2) is 17.3 Å². The fourth-order valence-corrected chi connectivity index (χ4v) is 2.30. The van der Waals surface area contributed by atoms with Crippen LogP contribution in [0.3, 0.4) is 0 Å². The summed E-state index contributed by atoms with van der Waals surface area (Å²) >= 11 is 0. The Hall–Kier alpha value is -2.44. The summed E-state index contributed by atoms with van der Waals surface area (Å²) < 4.78 is 15.9. The lowest BCUT2D eigenvalue weighted by molar-refractivity contribution is -0.131. The van der Waals surface area contributed by atoms with Crippen molar-refractivity contribution in [2.24, 2.45) is 5.16 Å². The topological polar surface area (TPSA) is 78.4 Å². The van der Waals surface area contributed by atoms with E-state index >= 15 is 0 Å². The van der Waals surface area contributed by atoms with Crippen LogP contribution in [0.5, 0.6) is 17.2 Å². The molecule has 0 radical (unpaired) electrons. The van der Waals surface area contributed by atoms with Crippen LogP contribution in [0.1, 0.15) is 25.3 Å². The van der Waals surface area contributed by atoms with E-state index in [1.165, 1.54) is 0 Å². The molecule has 1 atom stereocenters. The number of hydrogen-bond acceptors (Lipinski definition) is 6. The summed E-state index contributed by atoms with van der Waals surface area (Å²) in [5.41, 5.74) is 1.44. The van der Waals surface area contributed by atoms with Crippen LogP contribution in [0.25, 0.3) is 0 Å². The summed E-state index contributed by atoms with van der Waals surface area (Å²) in [7, 11) is 4.65. The lowest BCUT2D eigenvalue weighted by Crippen LogP contribution is -2.35. The molecule has 1 heterocycles. The summed E-state index contributed by atoms with van der Waals surface area (Å²) in [6.45, 7) is 2.62. The molecule has 0 spiro atoms. The molecule has 1 amide bonds. The van der Waals surface area contributed by atoms with Gasteiger partial charge in [0.25, 0.3) is 5.91 Å². The number of carbonyl (C=O) groups excluding carboxylic acids is 1. The maximum absolute atomic E-state index is 11.9. The second-order valence-corrected chi connectivity index (χ2v) is 5.04. The predicted molar refractivity (Wildman–Crippen MR) is 85.4 cm³/mol. The molecule has 1 N–H and O–H groups in total. The van der Waals surface area contributed by atoms with Crippen LogP contribution in [0.4, 0.5) is 0 Å². The lowest BCUT2D eigenvalue weighted by Gasteiger charge is -2.13. The van der Waals surface area contributed by atoms with Gasteiger partial charge in [-0.15, -0.1) is 0 Å². The van der Waals surface area contributed by atoms with Crippen molar-refractivity contribution in [2.75, 3.05) is 27.9 Å². The van der Waals surface area contributed by atoms with E-state index in [0.717, 1.165) is 12.0 Å². The van der Waals surface area contributed by atoms with Crippen molar-refractivity contribution >= 4 is 11.6 Å². The van der Waals surface area contributed by atoms with Gasteiger partial charge in [0, 0.05) is 18.5 Å². The van der Waals surface area contributed by atoms with Crippen molar-refractivity contribution in [3.05, 3.63) is 17.7 Å². The van der Waals surface area contributed by atoms with Crippen molar-refractivity contribution < 1.29 is 23.8 Å². The van der Waals surface area contributed by atoms with Gasteiger partial charge >= 0.3 is 0 Å². The minimum absolute atomic E-state index is 0.155. The van der Waals surface area contributed by atoms with E-state index in [1.807, 2.05) is 6.92 Å². The Labute approximate surface area is 135 Å². The van der Waals surface area contributed by atoms with Crippen LogP contribution in [-0.2, 0) is 9.63 Å². The molecular formula is C16H22N2O5. The first-order chi connectivity index (χ1) is 11.1. The van der Waals surface area contributed by atoms with E-state index in [2.05, 4.69) is 10.5 Å². The maximum atomic E-state index is 11.9. The molecule has 0 bridgehead atoms. The zero-order valence-electron chi connectivity index (χ0n) is 13.8. The van der Waals surface area contributed by atoms with E-state index in [0.29, 0.717) is 35.9 Å². The lowest BCUT2D eigenvalue weighted by atomic mass is 10.0. The predicted octanol–water partition coefficient (Wildman–Crippen LogP) is 1.73. The molecule has 0 aromatic heterocycles. The van der Waals surface area contributed by atoms with Gasteiger partial charge in [0.2, 0.25) is 11.9 Å². The molecular weight excluding hydrogens is 300 g/mol. The highest BCUT2D eigenvalue weighted by molar-refractivity contribution is 6.04. The van der Waals surface area contributed by atoms with Gasteiger partial charge in [-0.3, -0.25) is 4.79 Å². The van der Waals surface area contributed by atoms with Crippen LogP contribution in [0.2, 0.25) is 0 Å². The van der Waals surface area contributed by atoms with Crippen LogP contribution in [0, 0.1) is 0 Å². The van der Waals surface area contributed by atoms with Gasteiger partial charge in [0.05, 0.1) is 27.0 Å². The van der Waals surface area contributed by atoms with Crippen molar-refractivity contribution in [3.63, 3.8) is 0 Å². The summed E-state index contributed by atoms with van der Waals surface area (Å²) in [5, 5.41) is 6.83. The molecule has 0 saturated carbocycles. The van der Waals surface area contributed by atoms with Gasteiger partial charge in [-0.25, -0.2) is 0 Å². The monoisotopic (exact) mass is 322 g/mol. The van der Waals surface area contributed by atoms with Gasteiger partial charge in [-0.1, -0.05) is 12.1 Å². The summed E-state index contributed by atoms with van der Waals surface area (Å²) in [6, 6.07) is 3.58. The average Bonchev–Trinajstić information content (AvgIpc) is 3.08. The SMILES string of the molecule is CCCNC(=O)[C@H]1CC(c2cc(OC)c(OC)c(OC)c2)=NO1. The Morgan fingerprint density at radius 3 is 2.43 bits per heavy atom. The van der Waals surface area contributed by atoms with Crippen LogP contribution < -0.4 is 19.5 Å². The number of oxime groups is 1. The number of hydrogen-bond donors (Lipinski definition) is 1. The molecule has 1 aliphatic rings. The molecule has 1 aromatic carbocycles. The number of benzene rings is 1. The molecule has 0 aliphatic carbocycles. The standard InChI is InChI=1S/C16H22N2O5/c1-5-6-17-16(19)14-9-11(18-23-14)10-7-12(20-2)15(22-4)13(8-10)21-3/h7-8,14H,5-6,9H2,1-4H3,(H,17,19)/t14-/m1/s1. The van der Waals surface area contributed by atoms with E-state index < -0.39 is 6.10 Å². The Morgan fingerprint density at radius 1 is 1.26 bits per heavy atom. The van der Waals surface area contributed by atoms with E-state index in [-0.39, 0.29) is 5.91 Å². The number of ether oxygens (including phenoxy) is 3. The zero-order valence-corrected chi connectivity index (χ0v) is 13.8. The first kappa shape index (κ1) is 16.9. The van der Waals surface area contributed by atoms with Crippen molar-refractivity contribution in [1.29, 1.82) is 0 Å². The van der Waals surface area contributed by atoms with Crippen LogP contribution in [-0.4, -0.2) is 45.6 Å². The number of amides is 1. The summed E-state index contributed by atoms with van der Waals surface area (Å²) in [5.74, 6) is 1.42. The van der Waals surface area contributed by atoms with Crippen LogP contribution >= 0.6 is 0 Å². The Bertz CT molecular complexity index is 575. The quantitative estimate of drug-likeness (QED) is 0.827. The summed E-state index contributed by atoms with van der Waals surface area (Å²) in [6.07, 6.45) is 0.670. The van der Waals surface area contributed by atoms with E-state index in [4.69, 9.17) is 19.0 Å². The largest absolute Gasteiger partial charge is 0.493 e. The molecule has 7 nitrogen and oxygen atoms in total. The molecule has 0 unspecified atom stereocenters. The smallest absolute Gasteiger partial charge is 0.264 e. The van der Waals surface area contributed by atoms with Gasteiger partial charge in [0.1, 0.15) is 0 Å². The fraction of sp³-hybridized carbons (Fsp3) is 0.500. The van der Waals surface area contributed by atoms with E-state index in [9.17, 15) is 4.79 Å². The molecule has 23 heavy (non-hydrogen) atoms. The highest BCUT2D eigenvalue weighted by atomic mass is 16.6. The normalized spacial score (nSPS) is 16.3. The molecule has 0 fully saturated rings. The molecule has 1 aliphatic heterocycles. The highest BCUT2D eigenvalue weighted by Crippen LogP contribution is 2.39. The van der Waals surface area contributed by atoms with Crippen molar-refractivity contribution in [3.8, 4) is 17.2 Å². The zero-order chi connectivity index (χ0) is 16.8. The molecule has 1 aromatic rings. The fourth-order valence-electron chi connectivity index (χ4n) is 2.30. The summed E-state index contributed by atoms with van der Waals surface area (Å²) in [4.78, 5) is 17.2. The number of nitrogens with one attached hydrogen (secondary N) is 1. The molecule has 126 valence electrons. The van der Waals surface area contributed by atoms with Crippen molar-refractivity contribution in [2.45, 2.75) is 25.9 Å². The Balaban J connectivity index is 2.18. The Kier molecular flexibility index (Phi) is 5.67. The number of nitrogens with zero attached hydrogens (tertiary/aromatic N) is 1. The third-order valence-electron chi connectivity index (χ3n) is 3.51. The Morgan fingerprint density at radius 2 is 1.91 bits per heavy atom. The minimum Gasteiger partial charge on any atom is -0.493 e. The second-order valence-electron chi connectivity index (χ2n) is 5.04. The van der Waals surface area contributed by atoms with Gasteiger partial charge in [-0.2, -0.15) is 0 Å². The van der Waals surface area contributed by atoms with Gasteiger partial charge < -0.3 is 24.4 Å². The maximum Gasteiger partial charge on any atom is 0.264 e. The second kappa shape index (κ2) is 7.71. The molecule has 0 saturated heterocycles. The first-order valence-corrected chi connectivity index (χ1v) is 7.45. The van der Waals surface area contributed by atoms with Crippen molar-refractivity contribution in [1.82, 2.24) is 5.32 Å². The van der Waals surface area contributed by atoms with Gasteiger partial charge in [0.15, 0.2) is 11.5 Å². The number of methoxy groups -OCH3 is 3. The average molecular weight is 322 g/mol. The third-order valence-corrected chi connectivity index (χ3v) is 3.51. The molecule has 2 rings (SSSR count). The number of carbonyl (C=O) groups is 1.